The van der Waals surface area contributed by atoms with Gasteiger partial charge in [-0.15, -0.1) is 5.10 Å². The Labute approximate surface area is 229 Å². The van der Waals surface area contributed by atoms with E-state index in [1.165, 1.54) is 16.9 Å². The SMILES string of the molecule is CCCC[S+]([O-])/N=C/c1cnn2cc([C@@H](NC(=O)c3cnnn3CCC(F)(F)F)C3CCC(F)(F)CC3)nc2c1. The number of nitrogens with one attached hydrogen (secondary N) is 1. The van der Waals surface area contributed by atoms with Crippen LogP contribution in [0.2, 0.25) is 0 Å². The molecule has 0 aromatic carbocycles. The van der Waals surface area contributed by atoms with Crippen LogP contribution in [0.3, 0.4) is 0 Å². The molecule has 40 heavy (non-hydrogen) atoms. The van der Waals surface area contributed by atoms with E-state index in [4.69, 9.17) is 0 Å². The first-order valence-electron chi connectivity index (χ1n) is 12.9. The Balaban J connectivity index is 1.58. The fourth-order valence-corrected chi connectivity index (χ4v) is 5.33. The van der Waals surface area contributed by atoms with E-state index in [-0.39, 0.29) is 31.4 Å². The van der Waals surface area contributed by atoms with Crippen molar-refractivity contribution in [2.45, 2.75) is 76.6 Å². The molecule has 3 heterocycles. The van der Waals surface area contributed by atoms with Crippen molar-refractivity contribution in [1.82, 2.24) is 34.9 Å². The van der Waals surface area contributed by atoms with Crippen molar-refractivity contribution in [3.63, 3.8) is 0 Å². The molecule has 1 aliphatic carbocycles. The molecule has 218 valence electrons. The zero-order chi connectivity index (χ0) is 28.9. The van der Waals surface area contributed by atoms with Crippen molar-refractivity contribution in [1.29, 1.82) is 0 Å². The minimum absolute atomic E-state index is 0.103. The van der Waals surface area contributed by atoms with Crippen LogP contribution in [0.4, 0.5) is 22.0 Å². The van der Waals surface area contributed by atoms with E-state index in [1.807, 2.05) is 6.92 Å². The average molecular weight is 589 g/mol. The lowest BCUT2D eigenvalue weighted by atomic mass is 9.81. The number of rotatable bonds is 11. The monoisotopic (exact) mass is 588 g/mol. The van der Waals surface area contributed by atoms with Crippen LogP contribution in [0.25, 0.3) is 5.65 Å². The summed E-state index contributed by atoms with van der Waals surface area (Å²) in [7, 11) is 0. The molecule has 4 rings (SSSR count). The summed E-state index contributed by atoms with van der Waals surface area (Å²) >= 11 is -1.37. The second-order valence-corrected chi connectivity index (χ2v) is 11.0. The third-order valence-corrected chi connectivity index (χ3v) is 7.63. The van der Waals surface area contributed by atoms with E-state index < -0.39 is 54.3 Å². The van der Waals surface area contributed by atoms with E-state index in [1.54, 1.807) is 12.3 Å². The van der Waals surface area contributed by atoms with Crippen molar-refractivity contribution in [3.05, 3.63) is 41.6 Å². The first-order chi connectivity index (χ1) is 18.9. The lowest BCUT2D eigenvalue weighted by molar-refractivity contribution is -0.137. The van der Waals surface area contributed by atoms with Crippen molar-refractivity contribution < 1.29 is 31.3 Å². The maximum absolute atomic E-state index is 13.9. The molecule has 1 amide bonds. The Bertz CT molecular complexity index is 1320. The second-order valence-electron chi connectivity index (χ2n) is 9.72. The largest absolute Gasteiger partial charge is 0.591 e. The zero-order valence-corrected chi connectivity index (χ0v) is 22.5. The van der Waals surface area contributed by atoms with Gasteiger partial charge >= 0.3 is 6.18 Å². The van der Waals surface area contributed by atoms with Gasteiger partial charge in [0.2, 0.25) is 5.92 Å². The number of halogens is 5. The average Bonchev–Trinajstić information content (AvgIpc) is 3.54. The van der Waals surface area contributed by atoms with E-state index in [2.05, 4.69) is 30.1 Å². The predicted octanol–water partition coefficient (Wildman–Crippen LogP) is 4.45. The molecule has 10 nitrogen and oxygen atoms in total. The molecule has 1 N–H and O–H groups in total. The lowest BCUT2D eigenvalue weighted by Gasteiger charge is -2.33. The maximum atomic E-state index is 13.9. The summed E-state index contributed by atoms with van der Waals surface area (Å²) in [6.07, 6.45) is 1.06. The van der Waals surface area contributed by atoms with Gasteiger partial charge in [0.25, 0.3) is 5.91 Å². The number of hydrogen-bond donors (Lipinski definition) is 1. The van der Waals surface area contributed by atoms with Crippen molar-refractivity contribution in [2.24, 2.45) is 10.3 Å². The number of fused-ring (bicyclic) bond motifs is 1. The molecule has 3 aromatic heterocycles. The number of aryl methyl sites for hydroxylation is 1. The number of nitrogens with zero attached hydrogens (tertiary/aromatic N) is 7. The highest BCUT2D eigenvalue weighted by Crippen LogP contribution is 2.41. The number of hydrogen-bond acceptors (Lipinski definition) is 7. The number of unbranched alkanes of at least 4 members (excludes halogenated alkanes) is 1. The van der Waals surface area contributed by atoms with Crippen LogP contribution < -0.4 is 5.32 Å². The number of aromatic nitrogens is 6. The minimum atomic E-state index is -4.45. The second kappa shape index (κ2) is 12.6. The smallest absolute Gasteiger partial charge is 0.390 e. The topological polar surface area (TPSA) is 125 Å². The third-order valence-electron chi connectivity index (χ3n) is 6.65. The number of carbonyl (C=O) groups is 1. The van der Waals surface area contributed by atoms with Crippen LogP contribution in [-0.4, -0.2) is 64.1 Å². The van der Waals surface area contributed by atoms with Gasteiger partial charge in [0.1, 0.15) is 11.4 Å². The van der Waals surface area contributed by atoms with E-state index >= 15 is 0 Å². The van der Waals surface area contributed by atoms with Crippen molar-refractivity contribution in [2.75, 3.05) is 5.75 Å². The molecule has 1 fully saturated rings. The van der Waals surface area contributed by atoms with Crippen LogP contribution in [0.1, 0.15) is 79.7 Å². The molecule has 1 unspecified atom stereocenters. The predicted molar refractivity (Wildman–Crippen MR) is 136 cm³/mol. The Kier molecular flexibility index (Phi) is 9.38. The fourth-order valence-electron chi connectivity index (χ4n) is 4.45. The van der Waals surface area contributed by atoms with Gasteiger partial charge in [-0.05, 0) is 31.2 Å². The number of imidazole rings is 1. The fraction of sp³-hybridized carbons (Fsp3) is 0.583. The van der Waals surface area contributed by atoms with Gasteiger partial charge in [0.15, 0.2) is 5.65 Å². The van der Waals surface area contributed by atoms with E-state index in [0.717, 1.165) is 23.7 Å². The molecule has 3 aromatic rings. The Hall–Kier alpha value is -3.14. The number of carbonyl (C=O) groups excluding carboxylic acids is 1. The minimum Gasteiger partial charge on any atom is -0.591 e. The highest BCUT2D eigenvalue weighted by atomic mass is 32.2. The molecule has 0 bridgehead atoms. The lowest BCUT2D eigenvalue weighted by Crippen LogP contribution is -2.38. The standard InChI is InChI=1S/C24H29F5N8O2S/c1-2-3-10-40(39)32-13-16-11-20-33-18(15-37(20)31-12-16)21(17-4-6-23(25,26)7-5-17)34-22(38)19-14-30-35-36(19)9-8-24(27,28)29/h11-15,17,21H,2-10H2,1H3,(H,34,38)/b32-13+/t21-,40?/m0/s1. The maximum Gasteiger partial charge on any atom is 0.390 e. The molecule has 0 saturated heterocycles. The molecular formula is C24H29F5N8O2S. The molecule has 2 atom stereocenters. The van der Waals surface area contributed by atoms with E-state index in [0.29, 0.717) is 22.7 Å². The summed E-state index contributed by atoms with van der Waals surface area (Å²) < 4.78 is 84.3. The molecule has 0 aliphatic heterocycles. The number of alkyl halides is 5. The molecule has 0 spiro atoms. The molecule has 16 heteroatoms. The summed E-state index contributed by atoms with van der Waals surface area (Å²) in [5.41, 5.74) is 1.10. The van der Waals surface area contributed by atoms with Gasteiger partial charge in [-0.25, -0.2) is 23.0 Å². The Morgan fingerprint density at radius 1 is 1.32 bits per heavy atom. The van der Waals surface area contributed by atoms with Gasteiger partial charge in [0, 0.05) is 18.4 Å². The summed E-state index contributed by atoms with van der Waals surface area (Å²) in [4.78, 5) is 17.7. The van der Waals surface area contributed by atoms with Crippen molar-refractivity contribution in [3.8, 4) is 0 Å². The van der Waals surface area contributed by atoms with Gasteiger partial charge < -0.3 is 9.87 Å². The van der Waals surface area contributed by atoms with Gasteiger partial charge in [-0.2, -0.15) is 18.3 Å². The van der Waals surface area contributed by atoms with Crippen LogP contribution in [-0.2, 0) is 17.9 Å². The summed E-state index contributed by atoms with van der Waals surface area (Å²) in [6.45, 7) is 1.39. The molecule has 1 saturated carbocycles. The van der Waals surface area contributed by atoms with Crippen LogP contribution in [0.15, 0.2) is 29.1 Å². The Morgan fingerprint density at radius 3 is 2.77 bits per heavy atom. The quantitative estimate of drug-likeness (QED) is 0.200. The van der Waals surface area contributed by atoms with Gasteiger partial charge in [-0.3, -0.25) is 4.79 Å². The van der Waals surface area contributed by atoms with Gasteiger partial charge in [-0.1, -0.05) is 23.0 Å². The molecule has 0 radical (unpaired) electrons. The summed E-state index contributed by atoms with van der Waals surface area (Å²) in [6, 6.07) is 0.830. The highest BCUT2D eigenvalue weighted by Gasteiger charge is 2.39. The first kappa shape index (κ1) is 29.8. The number of amides is 1. The highest BCUT2D eigenvalue weighted by molar-refractivity contribution is 7.90. The molecule has 1 aliphatic rings. The zero-order valence-electron chi connectivity index (χ0n) is 21.7. The summed E-state index contributed by atoms with van der Waals surface area (Å²) in [5, 5.41) is 14.2. The third kappa shape index (κ3) is 7.96. The molecular weight excluding hydrogens is 559 g/mol. The normalized spacial score (nSPS) is 17.9. The van der Waals surface area contributed by atoms with Crippen LogP contribution >= 0.6 is 0 Å². The van der Waals surface area contributed by atoms with Crippen LogP contribution in [0.5, 0.6) is 0 Å². The Morgan fingerprint density at radius 2 is 2.08 bits per heavy atom. The van der Waals surface area contributed by atoms with Crippen LogP contribution in [0, 0.1) is 5.92 Å². The first-order valence-corrected chi connectivity index (χ1v) is 14.1. The van der Waals surface area contributed by atoms with E-state index in [9.17, 15) is 31.3 Å². The summed E-state index contributed by atoms with van der Waals surface area (Å²) in [5.74, 6) is -3.52. The van der Waals surface area contributed by atoms with Gasteiger partial charge in [0.05, 0.1) is 60.9 Å². The van der Waals surface area contributed by atoms with Crippen molar-refractivity contribution >= 4 is 29.1 Å².